The molecule has 4 nitrogen and oxygen atoms in total. The number of carbonyl (C=O) groups excluding carboxylic acids is 1. The minimum atomic E-state index is -0.233. The van der Waals surface area contributed by atoms with Crippen LogP contribution in [0.1, 0.15) is 33.6 Å². The van der Waals surface area contributed by atoms with Gasteiger partial charge >= 0.3 is 0 Å². The molecule has 0 aliphatic carbocycles. The van der Waals surface area contributed by atoms with Crippen LogP contribution in [-0.4, -0.2) is 29.6 Å². The van der Waals surface area contributed by atoms with E-state index in [2.05, 4.69) is 45.8 Å². The molecule has 1 amide bonds. The summed E-state index contributed by atoms with van der Waals surface area (Å²) in [5.41, 5.74) is 6.22. The van der Waals surface area contributed by atoms with Gasteiger partial charge in [-0.1, -0.05) is 54.1 Å². The molecule has 0 bridgehead atoms. The highest BCUT2D eigenvalue weighted by Crippen LogP contribution is 2.35. The Morgan fingerprint density at radius 1 is 1.18 bits per heavy atom. The molecule has 0 spiro atoms. The van der Waals surface area contributed by atoms with Crippen LogP contribution in [0, 0.1) is 6.92 Å². The average molecular weight is 412 g/mol. The first-order chi connectivity index (χ1) is 13.6. The molecule has 3 aromatic rings. The summed E-state index contributed by atoms with van der Waals surface area (Å²) in [5, 5.41) is 5.80. The highest BCUT2D eigenvalue weighted by molar-refractivity contribution is 7.21. The molecular formula is C22H22ClN3OS. The van der Waals surface area contributed by atoms with E-state index in [1.165, 1.54) is 16.9 Å². The maximum Gasteiger partial charge on any atom is 0.283 e. The molecule has 0 saturated carbocycles. The van der Waals surface area contributed by atoms with Crippen LogP contribution in [0.25, 0.3) is 10.1 Å². The number of nitrogens with zero attached hydrogens (tertiary/aromatic N) is 2. The van der Waals surface area contributed by atoms with Crippen molar-refractivity contribution in [3.63, 3.8) is 0 Å². The lowest BCUT2D eigenvalue weighted by atomic mass is 10.1. The second-order valence-corrected chi connectivity index (χ2v) is 8.56. The van der Waals surface area contributed by atoms with E-state index in [4.69, 9.17) is 11.6 Å². The minimum Gasteiger partial charge on any atom is -0.298 e. The monoisotopic (exact) mass is 411 g/mol. The fourth-order valence-corrected chi connectivity index (χ4v) is 4.93. The highest BCUT2D eigenvalue weighted by Gasteiger charge is 2.19. The molecule has 1 saturated heterocycles. The van der Waals surface area contributed by atoms with E-state index in [0.29, 0.717) is 9.90 Å². The van der Waals surface area contributed by atoms with Gasteiger partial charge in [0.05, 0.1) is 5.02 Å². The normalized spacial score (nSPS) is 15.0. The molecule has 0 atom stereocenters. The van der Waals surface area contributed by atoms with Crippen molar-refractivity contribution in [1.29, 1.82) is 0 Å². The smallest absolute Gasteiger partial charge is 0.283 e. The predicted molar refractivity (Wildman–Crippen MR) is 117 cm³/mol. The van der Waals surface area contributed by atoms with Crippen molar-refractivity contribution >= 4 is 44.6 Å². The topological polar surface area (TPSA) is 44.7 Å². The first-order valence-corrected chi connectivity index (χ1v) is 10.6. The van der Waals surface area contributed by atoms with Gasteiger partial charge in [-0.15, -0.1) is 11.3 Å². The Morgan fingerprint density at radius 3 is 2.68 bits per heavy atom. The fraction of sp³-hybridized carbons (Fsp3) is 0.273. The van der Waals surface area contributed by atoms with Crippen LogP contribution in [-0.2, 0) is 6.54 Å². The summed E-state index contributed by atoms with van der Waals surface area (Å²) in [6.45, 7) is 4.89. The molecule has 1 aromatic heterocycles. The molecule has 0 radical (unpaired) electrons. The SMILES string of the molecule is Cc1ccc2c(Cl)c(C(=O)NN=C3CCN(Cc4ccccc4)CC3)sc2c1. The number of nitrogens with one attached hydrogen (secondary N) is 1. The van der Waals surface area contributed by atoms with E-state index >= 15 is 0 Å². The van der Waals surface area contributed by atoms with Crippen molar-refractivity contribution in [3.05, 3.63) is 69.6 Å². The number of thiophene rings is 1. The highest BCUT2D eigenvalue weighted by atomic mass is 35.5. The Morgan fingerprint density at radius 2 is 1.93 bits per heavy atom. The third-order valence-electron chi connectivity index (χ3n) is 4.99. The number of hydrogen-bond donors (Lipinski definition) is 1. The molecule has 1 aliphatic rings. The number of rotatable bonds is 4. The lowest BCUT2D eigenvalue weighted by Crippen LogP contribution is -2.34. The summed E-state index contributed by atoms with van der Waals surface area (Å²) in [6.07, 6.45) is 1.74. The summed E-state index contributed by atoms with van der Waals surface area (Å²) >= 11 is 7.83. The predicted octanol–water partition coefficient (Wildman–Crippen LogP) is 5.24. The van der Waals surface area contributed by atoms with Crippen molar-refractivity contribution in [1.82, 2.24) is 10.3 Å². The lowest BCUT2D eigenvalue weighted by Gasteiger charge is -2.27. The summed E-state index contributed by atoms with van der Waals surface area (Å²) in [7, 11) is 0. The summed E-state index contributed by atoms with van der Waals surface area (Å²) in [5.74, 6) is -0.233. The van der Waals surface area contributed by atoms with Gasteiger partial charge < -0.3 is 0 Å². The second kappa shape index (κ2) is 8.43. The first-order valence-electron chi connectivity index (χ1n) is 9.41. The Kier molecular flexibility index (Phi) is 5.76. The zero-order chi connectivity index (χ0) is 19.5. The summed E-state index contributed by atoms with van der Waals surface area (Å²) in [4.78, 5) is 15.5. The third kappa shape index (κ3) is 4.27. The Bertz CT molecular complexity index is 1020. The number of piperidine rings is 1. The third-order valence-corrected chi connectivity index (χ3v) is 6.64. The van der Waals surface area contributed by atoms with Crippen molar-refractivity contribution in [2.75, 3.05) is 13.1 Å². The molecule has 28 heavy (non-hydrogen) atoms. The van der Waals surface area contributed by atoms with Gasteiger partial charge in [0.15, 0.2) is 0 Å². The number of halogens is 1. The second-order valence-electron chi connectivity index (χ2n) is 7.13. The van der Waals surface area contributed by atoms with Crippen LogP contribution in [0.2, 0.25) is 5.02 Å². The van der Waals surface area contributed by atoms with Gasteiger partial charge in [-0.25, -0.2) is 5.43 Å². The quantitative estimate of drug-likeness (QED) is 0.596. The number of benzene rings is 2. The van der Waals surface area contributed by atoms with Gasteiger partial charge in [-0.05, 0) is 24.1 Å². The number of hydrogen-bond acceptors (Lipinski definition) is 4. The molecule has 2 aromatic carbocycles. The van der Waals surface area contributed by atoms with Crippen molar-refractivity contribution in [2.45, 2.75) is 26.3 Å². The average Bonchev–Trinajstić information content (AvgIpc) is 3.04. The van der Waals surface area contributed by atoms with Crippen molar-refractivity contribution in [2.24, 2.45) is 5.10 Å². The molecule has 0 unspecified atom stereocenters. The van der Waals surface area contributed by atoms with E-state index in [1.54, 1.807) is 0 Å². The largest absolute Gasteiger partial charge is 0.298 e. The molecule has 144 valence electrons. The van der Waals surface area contributed by atoms with Gasteiger partial charge in [0.25, 0.3) is 5.91 Å². The van der Waals surface area contributed by atoms with Crippen LogP contribution in [0.3, 0.4) is 0 Å². The number of amides is 1. The number of carbonyl (C=O) groups is 1. The lowest BCUT2D eigenvalue weighted by molar-refractivity contribution is 0.0958. The van der Waals surface area contributed by atoms with Gasteiger partial charge in [-0.3, -0.25) is 9.69 Å². The van der Waals surface area contributed by atoms with Crippen LogP contribution in [0.4, 0.5) is 0 Å². The van der Waals surface area contributed by atoms with Crippen LogP contribution in [0.5, 0.6) is 0 Å². The van der Waals surface area contributed by atoms with Crippen LogP contribution >= 0.6 is 22.9 Å². The number of fused-ring (bicyclic) bond motifs is 1. The zero-order valence-electron chi connectivity index (χ0n) is 15.7. The van der Waals surface area contributed by atoms with Crippen LogP contribution < -0.4 is 5.43 Å². The maximum absolute atomic E-state index is 12.6. The van der Waals surface area contributed by atoms with E-state index < -0.39 is 0 Å². The zero-order valence-corrected chi connectivity index (χ0v) is 17.3. The number of likely N-dealkylation sites (tertiary alicyclic amines) is 1. The van der Waals surface area contributed by atoms with E-state index in [9.17, 15) is 4.79 Å². The van der Waals surface area contributed by atoms with Crippen LogP contribution in [0.15, 0.2) is 53.6 Å². The van der Waals surface area contributed by atoms with Crippen molar-refractivity contribution < 1.29 is 4.79 Å². The Balaban J connectivity index is 1.36. The minimum absolute atomic E-state index is 0.233. The molecule has 1 aliphatic heterocycles. The first kappa shape index (κ1) is 19.1. The van der Waals surface area contributed by atoms with Crippen molar-refractivity contribution in [3.8, 4) is 0 Å². The standard InChI is InChI=1S/C22H22ClN3OS/c1-15-7-8-18-19(13-15)28-21(20(18)23)22(27)25-24-17-9-11-26(12-10-17)14-16-5-3-2-4-6-16/h2-8,13H,9-12,14H2,1H3,(H,25,27). The Labute approximate surface area is 173 Å². The van der Waals surface area contributed by atoms with E-state index in [0.717, 1.165) is 53.8 Å². The fourth-order valence-electron chi connectivity index (χ4n) is 3.42. The summed E-state index contributed by atoms with van der Waals surface area (Å²) in [6, 6.07) is 16.5. The van der Waals surface area contributed by atoms with Gasteiger partial charge in [0.1, 0.15) is 4.88 Å². The van der Waals surface area contributed by atoms with Gasteiger partial charge in [-0.2, -0.15) is 5.10 Å². The van der Waals surface area contributed by atoms with E-state index in [1.807, 2.05) is 25.1 Å². The molecule has 6 heteroatoms. The maximum atomic E-state index is 12.6. The van der Waals surface area contributed by atoms with Gasteiger partial charge in [0.2, 0.25) is 0 Å². The molecule has 4 rings (SSSR count). The molecular weight excluding hydrogens is 390 g/mol. The molecule has 2 heterocycles. The number of hydrazone groups is 1. The molecule has 1 fully saturated rings. The van der Waals surface area contributed by atoms with E-state index in [-0.39, 0.29) is 5.91 Å². The van der Waals surface area contributed by atoms with Gasteiger partial charge in [0, 0.05) is 48.3 Å². The summed E-state index contributed by atoms with van der Waals surface area (Å²) < 4.78 is 1.03. The molecule has 1 N–H and O–H groups in total. The number of aryl methyl sites for hydroxylation is 1. The Hall–Kier alpha value is -2.21.